The largest absolute Gasteiger partial charge is 0.312 e. The maximum atomic E-state index is 11.5. The Balaban J connectivity index is 2.83. The third-order valence-electron chi connectivity index (χ3n) is 2.02. The van der Waals surface area contributed by atoms with Gasteiger partial charge in [-0.05, 0) is 13.0 Å². The van der Waals surface area contributed by atoms with Crippen molar-refractivity contribution in [2.45, 2.75) is 6.92 Å². The molecule has 0 saturated carbocycles. The van der Waals surface area contributed by atoms with Crippen LogP contribution in [-0.4, -0.2) is 21.5 Å². The first-order valence-electron chi connectivity index (χ1n) is 3.96. The van der Waals surface area contributed by atoms with Gasteiger partial charge in [0, 0.05) is 5.57 Å². The van der Waals surface area contributed by atoms with Crippen LogP contribution in [0.15, 0.2) is 22.8 Å². The van der Waals surface area contributed by atoms with Crippen LogP contribution in [0, 0.1) is 0 Å². The average molecular weight is 190 g/mol. The lowest BCUT2D eigenvalue weighted by atomic mass is 9.95. The summed E-state index contributed by atoms with van der Waals surface area (Å²) in [5.74, 6) is -0.836. The molecular weight excluding hydrogens is 184 g/mol. The van der Waals surface area contributed by atoms with Crippen LogP contribution in [0.1, 0.15) is 27.8 Å². The van der Waals surface area contributed by atoms with Gasteiger partial charge in [0.1, 0.15) is 11.3 Å². The number of carbonyl (C=O) groups excluding carboxylic acids is 2. The van der Waals surface area contributed by atoms with Crippen LogP contribution in [0.5, 0.6) is 0 Å². The summed E-state index contributed by atoms with van der Waals surface area (Å²) < 4.78 is 0. The van der Waals surface area contributed by atoms with Gasteiger partial charge in [-0.1, -0.05) is 0 Å². The molecule has 1 aliphatic rings. The highest BCUT2D eigenvalue weighted by atomic mass is 16.2. The predicted octanol–water partition coefficient (Wildman–Crippen LogP) is 0.0952. The Kier molecular flexibility index (Phi) is 1.67. The van der Waals surface area contributed by atoms with Crippen molar-refractivity contribution in [2.75, 3.05) is 0 Å². The van der Waals surface area contributed by atoms with E-state index in [0.29, 0.717) is 0 Å². The Hall–Kier alpha value is -2.04. The van der Waals surface area contributed by atoms with Crippen molar-refractivity contribution >= 4 is 11.6 Å². The molecule has 1 aromatic rings. The zero-order valence-electron chi connectivity index (χ0n) is 7.33. The minimum absolute atomic E-state index is 0.0654. The number of Topliss-reactive ketones (excluding diaryl/α,β-unsaturated/α-hetero) is 1. The van der Waals surface area contributed by atoms with Crippen molar-refractivity contribution < 1.29 is 9.59 Å². The van der Waals surface area contributed by atoms with E-state index >= 15 is 0 Å². The van der Waals surface area contributed by atoms with Crippen molar-refractivity contribution in [1.29, 1.82) is 0 Å². The maximum absolute atomic E-state index is 11.5. The number of aromatic nitrogens is 2. The normalized spacial score (nSPS) is 15.1. The summed E-state index contributed by atoms with van der Waals surface area (Å²) in [6, 6.07) is 0. The summed E-state index contributed by atoms with van der Waals surface area (Å²) in [4.78, 5) is 40.1. The highest BCUT2D eigenvalue weighted by molar-refractivity contribution is 6.23. The zero-order valence-corrected chi connectivity index (χ0v) is 7.33. The van der Waals surface area contributed by atoms with Gasteiger partial charge in [-0.3, -0.25) is 14.4 Å². The first-order valence-corrected chi connectivity index (χ1v) is 3.96. The molecule has 2 rings (SSSR count). The van der Waals surface area contributed by atoms with Crippen molar-refractivity contribution in [2.24, 2.45) is 0 Å². The van der Waals surface area contributed by atoms with Crippen LogP contribution in [0.2, 0.25) is 0 Å². The van der Waals surface area contributed by atoms with Crippen molar-refractivity contribution in [1.82, 2.24) is 9.97 Å². The molecule has 5 nitrogen and oxygen atoms in total. The molecule has 0 unspecified atom stereocenters. The lowest BCUT2D eigenvalue weighted by Crippen LogP contribution is -2.27. The van der Waals surface area contributed by atoms with Crippen LogP contribution in [0.3, 0.4) is 0 Å². The number of rotatable bonds is 0. The molecule has 0 saturated heterocycles. The number of aromatic amines is 1. The summed E-state index contributed by atoms with van der Waals surface area (Å²) in [6.45, 7) is 1.50. The average Bonchev–Trinajstić information content (AvgIpc) is 2.14. The number of nitrogens with one attached hydrogen (secondary N) is 1. The first kappa shape index (κ1) is 8.55. The van der Waals surface area contributed by atoms with Gasteiger partial charge in [0.25, 0.3) is 5.56 Å². The van der Waals surface area contributed by atoms with Crippen LogP contribution < -0.4 is 5.56 Å². The smallest absolute Gasteiger partial charge is 0.262 e. The molecule has 1 N–H and O–H groups in total. The van der Waals surface area contributed by atoms with Crippen LogP contribution in [0.25, 0.3) is 0 Å². The highest BCUT2D eigenvalue weighted by Crippen LogP contribution is 2.14. The monoisotopic (exact) mass is 190 g/mol. The number of ketones is 2. The molecule has 0 radical (unpaired) electrons. The Morgan fingerprint density at radius 2 is 2.00 bits per heavy atom. The Labute approximate surface area is 78.5 Å². The van der Waals surface area contributed by atoms with E-state index in [0.717, 1.165) is 6.33 Å². The fraction of sp³-hybridized carbons (Fsp3) is 0.111. The van der Waals surface area contributed by atoms with Crippen molar-refractivity contribution in [3.05, 3.63) is 39.6 Å². The van der Waals surface area contributed by atoms with Crippen molar-refractivity contribution in [3.63, 3.8) is 0 Å². The summed E-state index contributed by atoms with van der Waals surface area (Å²) in [7, 11) is 0. The summed E-state index contributed by atoms with van der Waals surface area (Å²) in [5, 5.41) is 0. The Bertz CT molecular complexity index is 525. The maximum Gasteiger partial charge on any atom is 0.262 e. The molecule has 0 aromatic carbocycles. The molecule has 14 heavy (non-hydrogen) atoms. The van der Waals surface area contributed by atoms with E-state index < -0.39 is 17.1 Å². The van der Waals surface area contributed by atoms with E-state index in [-0.39, 0.29) is 16.8 Å². The predicted molar refractivity (Wildman–Crippen MR) is 47.3 cm³/mol. The van der Waals surface area contributed by atoms with Crippen LogP contribution in [-0.2, 0) is 0 Å². The molecule has 70 valence electrons. The zero-order chi connectivity index (χ0) is 10.3. The van der Waals surface area contributed by atoms with Gasteiger partial charge < -0.3 is 4.98 Å². The number of carbonyl (C=O) groups is 2. The third-order valence-corrected chi connectivity index (χ3v) is 2.02. The Morgan fingerprint density at radius 1 is 1.29 bits per heavy atom. The number of nitrogens with zero attached hydrogens (tertiary/aromatic N) is 1. The first-order chi connectivity index (χ1) is 6.61. The van der Waals surface area contributed by atoms with E-state index in [2.05, 4.69) is 9.97 Å². The quantitative estimate of drug-likeness (QED) is 0.628. The molecule has 1 heterocycles. The number of fused-ring (bicyclic) bond motifs is 1. The van der Waals surface area contributed by atoms with Crippen LogP contribution >= 0.6 is 0 Å². The van der Waals surface area contributed by atoms with Gasteiger partial charge in [0.05, 0.1) is 6.33 Å². The number of allylic oxidation sites excluding steroid dienone is 2. The Morgan fingerprint density at radius 3 is 2.71 bits per heavy atom. The van der Waals surface area contributed by atoms with Gasteiger partial charge in [0.15, 0.2) is 5.78 Å². The van der Waals surface area contributed by atoms with Gasteiger partial charge in [-0.2, -0.15) is 0 Å². The lowest BCUT2D eigenvalue weighted by molar-refractivity contribution is 0.0979. The number of H-pyrrole nitrogens is 1. The molecule has 0 atom stereocenters. The third kappa shape index (κ3) is 1.02. The second kappa shape index (κ2) is 2.73. The lowest BCUT2D eigenvalue weighted by Gasteiger charge is -2.08. The molecule has 0 amide bonds. The molecule has 0 aliphatic heterocycles. The minimum atomic E-state index is -0.569. The highest BCUT2D eigenvalue weighted by Gasteiger charge is 2.26. The molecule has 0 spiro atoms. The second-order valence-corrected chi connectivity index (χ2v) is 2.98. The standard InChI is InChI=1S/C9H6N2O3/c1-4-2-5(12)7-6(8(4)13)9(14)11-3-10-7/h2-3H,1H3,(H,10,11,14). The molecule has 1 aromatic heterocycles. The van der Waals surface area contributed by atoms with E-state index in [9.17, 15) is 14.4 Å². The topological polar surface area (TPSA) is 79.9 Å². The summed E-state index contributed by atoms with van der Waals surface area (Å²) >= 11 is 0. The van der Waals surface area contributed by atoms with Gasteiger partial charge in [-0.25, -0.2) is 4.98 Å². The molecule has 0 fully saturated rings. The van der Waals surface area contributed by atoms with Gasteiger partial charge in [-0.15, -0.1) is 0 Å². The molecule has 5 heteroatoms. The van der Waals surface area contributed by atoms with Crippen LogP contribution in [0.4, 0.5) is 0 Å². The number of hydrogen-bond donors (Lipinski definition) is 1. The summed E-state index contributed by atoms with van der Waals surface area (Å²) in [6.07, 6.45) is 2.30. The van der Waals surface area contributed by atoms with Gasteiger partial charge >= 0.3 is 0 Å². The fourth-order valence-corrected chi connectivity index (χ4v) is 1.32. The molecule has 1 aliphatic carbocycles. The molecule has 0 bridgehead atoms. The SMILES string of the molecule is CC1=CC(=O)c2nc[nH]c(=O)c2C1=O. The number of hydrogen-bond acceptors (Lipinski definition) is 4. The van der Waals surface area contributed by atoms with Gasteiger partial charge in [0.2, 0.25) is 5.78 Å². The van der Waals surface area contributed by atoms with E-state index in [1.807, 2.05) is 0 Å². The summed E-state index contributed by atoms with van der Waals surface area (Å²) in [5.41, 5.74) is -0.524. The van der Waals surface area contributed by atoms with E-state index in [4.69, 9.17) is 0 Å². The minimum Gasteiger partial charge on any atom is -0.312 e. The van der Waals surface area contributed by atoms with E-state index in [1.165, 1.54) is 13.0 Å². The second-order valence-electron chi connectivity index (χ2n) is 2.98. The van der Waals surface area contributed by atoms with Crippen molar-refractivity contribution in [3.8, 4) is 0 Å². The molecular formula is C9H6N2O3. The van der Waals surface area contributed by atoms with E-state index in [1.54, 1.807) is 0 Å². The fourth-order valence-electron chi connectivity index (χ4n) is 1.32.